The highest BCUT2D eigenvalue weighted by molar-refractivity contribution is 5.85. The van der Waals surface area contributed by atoms with E-state index in [-0.39, 0.29) is 36.2 Å². The highest BCUT2D eigenvalue weighted by Gasteiger charge is 2.19. The van der Waals surface area contributed by atoms with Crippen molar-refractivity contribution in [3.05, 3.63) is 35.6 Å². The van der Waals surface area contributed by atoms with Gasteiger partial charge in [0.05, 0.1) is 12.6 Å². The molecule has 0 saturated carbocycles. The zero-order valence-electron chi connectivity index (χ0n) is 12.2. The zero-order chi connectivity index (χ0) is 14.5. The summed E-state index contributed by atoms with van der Waals surface area (Å²) in [6, 6.07) is 6.36. The Morgan fingerprint density at radius 2 is 1.95 bits per heavy atom. The smallest absolute Gasteiger partial charge is 0.234 e. The molecule has 1 fully saturated rings. The van der Waals surface area contributed by atoms with Crippen LogP contribution in [0.4, 0.5) is 4.39 Å². The van der Waals surface area contributed by atoms with Crippen LogP contribution in [0, 0.1) is 5.82 Å². The summed E-state index contributed by atoms with van der Waals surface area (Å²) in [5.41, 5.74) is 6.74. The Labute approximate surface area is 131 Å². The van der Waals surface area contributed by atoms with Crippen LogP contribution in [0.3, 0.4) is 0 Å². The van der Waals surface area contributed by atoms with Crippen LogP contribution in [0.2, 0.25) is 0 Å². The van der Waals surface area contributed by atoms with Gasteiger partial charge in [-0.3, -0.25) is 9.69 Å². The van der Waals surface area contributed by atoms with Crippen LogP contribution >= 0.6 is 12.4 Å². The summed E-state index contributed by atoms with van der Waals surface area (Å²) in [4.78, 5) is 14.1. The van der Waals surface area contributed by atoms with Gasteiger partial charge >= 0.3 is 0 Å². The van der Waals surface area contributed by atoms with Gasteiger partial charge in [0.15, 0.2) is 0 Å². The van der Waals surface area contributed by atoms with Gasteiger partial charge in [0.2, 0.25) is 5.91 Å². The van der Waals surface area contributed by atoms with Crippen LogP contribution in [-0.4, -0.2) is 36.5 Å². The van der Waals surface area contributed by atoms with E-state index >= 15 is 0 Å². The Morgan fingerprint density at radius 3 is 2.52 bits per heavy atom. The number of halogens is 2. The minimum atomic E-state index is -0.267. The topological polar surface area (TPSA) is 58.4 Å². The summed E-state index contributed by atoms with van der Waals surface area (Å²) in [6.07, 6.45) is 1.89. The molecule has 1 aliphatic heterocycles. The zero-order valence-corrected chi connectivity index (χ0v) is 13.0. The maximum absolute atomic E-state index is 12.8. The predicted molar refractivity (Wildman–Crippen MR) is 83.9 cm³/mol. The second kappa shape index (κ2) is 8.32. The maximum atomic E-state index is 12.8. The van der Waals surface area contributed by atoms with E-state index < -0.39 is 0 Å². The fourth-order valence-electron chi connectivity index (χ4n) is 2.44. The van der Waals surface area contributed by atoms with Crippen molar-refractivity contribution in [1.29, 1.82) is 0 Å². The van der Waals surface area contributed by atoms with Gasteiger partial charge < -0.3 is 11.1 Å². The van der Waals surface area contributed by atoms with Gasteiger partial charge in [-0.25, -0.2) is 4.39 Å². The highest BCUT2D eigenvalue weighted by Crippen LogP contribution is 2.13. The van der Waals surface area contributed by atoms with Crippen molar-refractivity contribution in [3.63, 3.8) is 0 Å². The van der Waals surface area contributed by atoms with Gasteiger partial charge in [-0.2, -0.15) is 0 Å². The van der Waals surface area contributed by atoms with Crippen LogP contribution in [0.5, 0.6) is 0 Å². The predicted octanol–water partition coefficient (Wildman–Crippen LogP) is 1.85. The Kier molecular flexibility index (Phi) is 7.08. The summed E-state index contributed by atoms with van der Waals surface area (Å²) in [5, 5.41) is 2.94. The molecular formula is C15H23ClFN3O. The number of carbonyl (C=O) groups excluding carboxylic acids is 1. The molecule has 6 heteroatoms. The quantitative estimate of drug-likeness (QED) is 0.891. The van der Waals surface area contributed by atoms with Crippen LogP contribution in [0.25, 0.3) is 0 Å². The van der Waals surface area contributed by atoms with Gasteiger partial charge in [-0.05, 0) is 37.5 Å². The summed E-state index contributed by atoms with van der Waals surface area (Å²) < 4.78 is 12.8. The van der Waals surface area contributed by atoms with Crippen molar-refractivity contribution in [2.75, 3.05) is 19.6 Å². The molecule has 0 radical (unpaired) electrons. The summed E-state index contributed by atoms with van der Waals surface area (Å²) in [5.74, 6) is -0.269. The van der Waals surface area contributed by atoms with Crippen molar-refractivity contribution in [1.82, 2.24) is 10.2 Å². The fraction of sp³-hybridized carbons (Fsp3) is 0.533. The van der Waals surface area contributed by atoms with E-state index in [1.165, 1.54) is 12.1 Å². The van der Waals surface area contributed by atoms with Crippen LogP contribution < -0.4 is 11.1 Å². The van der Waals surface area contributed by atoms with E-state index in [2.05, 4.69) is 10.2 Å². The van der Waals surface area contributed by atoms with E-state index in [1.54, 1.807) is 12.1 Å². The molecule has 2 rings (SSSR count). The first-order valence-electron chi connectivity index (χ1n) is 7.07. The Morgan fingerprint density at radius 1 is 1.38 bits per heavy atom. The highest BCUT2D eigenvalue weighted by atomic mass is 35.5. The fourth-order valence-corrected chi connectivity index (χ4v) is 2.44. The lowest BCUT2D eigenvalue weighted by Crippen LogP contribution is -2.44. The van der Waals surface area contributed by atoms with E-state index in [9.17, 15) is 9.18 Å². The van der Waals surface area contributed by atoms with Crippen molar-refractivity contribution < 1.29 is 9.18 Å². The first-order valence-corrected chi connectivity index (χ1v) is 7.07. The lowest BCUT2D eigenvalue weighted by atomic mass is 10.1. The molecule has 1 aromatic rings. The molecule has 4 nitrogen and oxygen atoms in total. The molecule has 1 aliphatic rings. The molecular weight excluding hydrogens is 293 g/mol. The Hall–Kier alpha value is -1.17. The standard InChI is InChI=1S/C15H22FN3O.ClH/c1-11(12-2-4-13(16)5-3-12)18-15(20)10-19-8-6-14(17)7-9-19;/h2-5,11,14H,6-10,17H2,1H3,(H,18,20);1H. The molecule has 1 heterocycles. The summed E-state index contributed by atoms with van der Waals surface area (Å²) in [7, 11) is 0. The average molecular weight is 316 g/mol. The lowest BCUT2D eigenvalue weighted by Gasteiger charge is -2.29. The summed E-state index contributed by atoms with van der Waals surface area (Å²) >= 11 is 0. The Bertz CT molecular complexity index is 447. The van der Waals surface area contributed by atoms with Gasteiger partial charge in [-0.1, -0.05) is 12.1 Å². The maximum Gasteiger partial charge on any atom is 0.234 e. The monoisotopic (exact) mass is 315 g/mol. The van der Waals surface area contributed by atoms with E-state index in [1.807, 2.05) is 6.92 Å². The second-order valence-corrected chi connectivity index (χ2v) is 5.45. The van der Waals surface area contributed by atoms with E-state index in [0.29, 0.717) is 6.54 Å². The number of benzene rings is 1. The number of hydrogen-bond donors (Lipinski definition) is 2. The third-order valence-electron chi connectivity index (χ3n) is 3.75. The van der Waals surface area contributed by atoms with Crippen LogP contribution in [0.15, 0.2) is 24.3 Å². The first-order chi connectivity index (χ1) is 9.54. The van der Waals surface area contributed by atoms with Gasteiger partial charge in [-0.15, -0.1) is 12.4 Å². The largest absolute Gasteiger partial charge is 0.348 e. The molecule has 1 saturated heterocycles. The molecule has 0 aliphatic carbocycles. The molecule has 3 N–H and O–H groups in total. The van der Waals surface area contributed by atoms with Gasteiger partial charge in [0.25, 0.3) is 0 Å². The first kappa shape index (κ1) is 17.9. The van der Waals surface area contributed by atoms with E-state index in [4.69, 9.17) is 5.73 Å². The minimum Gasteiger partial charge on any atom is -0.348 e. The van der Waals surface area contributed by atoms with Crippen molar-refractivity contribution >= 4 is 18.3 Å². The molecule has 1 atom stereocenters. The molecule has 1 unspecified atom stereocenters. The minimum absolute atomic E-state index is 0. The summed E-state index contributed by atoms with van der Waals surface area (Å²) in [6.45, 7) is 4.05. The molecule has 0 bridgehead atoms. The van der Waals surface area contributed by atoms with Crippen LogP contribution in [-0.2, 0) is 4.79 Å². The molecule has 21 heavy (non-hydrogen) atoms. The third-order valence-corrected chi connectivity index (χ3v) is 3.75. The molecule has 0 aromatic heterocycles. The van der Waals surface area contributed by atoms with Crippen LogP contribution in [0.1, 0.15) is 31.4 Å². The number of likely N-dealkylation sites (tertiary alicyclic amines) is 1. The number of rotatable bonds is 4. The SMILES string of the molecule is CC(NC(=O)CN1CCC(N)CC1)c1ccc(F)cc1.Cl. The molecule has 0 spiro atoms. The van der Waals surface area contributed by atoms with Crippen molar-refractivity contribution in [2.24, 2.45) is 5.73 Å². The van der Waals surface area contributed by atoms with E-state index in [0.717, 1.165) is 31.5 Å². The van der Waals surface area contributed by atoms with Crippen molar-refractivity contribution in [3.8, 4) is 0 Å². The average Bonchev–Trinajstić information content (AvgIpc) is 2.42. The number of nitrogens with zero attached hydrogens (tertiary/aromatic N) is 1. The number of nitrogens with two attached hydrogens (primary N) is 1. The van der Waals surface area contributed by atoms with Crippen molar-refractivity contribution in [2.45, 2.75) is 31.8 Å². The number of amides is 1. The second-order valence-electron chi connectivity index (χ2n) is 5.45. The molecule has 118 valence electrons. The normalized spacial score (nSPS) is 17.9. The number of nitrogens with one attached hydrogen (secondary N) is 1. The number of piperidine rings is 1. The number of carbonyl (C=O) groups is 1. The Balaban J connectivity index is 0.00000220. The molecule has 1 aromatic carbocycles. The number of hydrogen-bond acceptors (Lipinski definition) is 3. The molecule has 1 amide bonds. The van der Waals surface area contributed by atoms with Gasteiger partial charge in [0.1, 0.15) is 5.82 Å². The lowest BCUT2D eigenvalue weighted by molar-refractivity contribution is -0.123. The van der Waals surface area contributed by atoms with Gasteiger partial charge in [0, 0.05) is 19.1 Å². The third kappa shape index (κ3) is 5.61.